The molecule has 0 saturated carbocycles. The third kappa shape index (κ3) is 4.07. The predicted octanol–water partition coefficient (Wildman–Crippen LogP) is 3.84. The summed E-state index contributed by atoms with van der Waals surface area (Å²) in [6, 6.07) is 12.9. The number of hydrogen-bond donors (Lipinski definition) is 1. The highest BCUT2D eigenvalue weighted by Gasteiger charge is 2.30. The van der Waals surface area contributed by atoms with Crippen molar-refractivity contribution in [2.24, 2.45) is 5.92 Å². The van der Waals surface area contributed by atoms with Crippen molar-refractivity contribution in [2.75, 3.05) is 13.1 Å². The van der Waals surface area contributed by atoms with Gasteiger partial charge in [0.05, 0.1) is 17.7 Å². The number of hydrogen-bond acceptors (Lipinski definition) is 3. The molecule has 4 nitrogen and oxygen atoms in total. The third-order valence-electron chi connectivity index (χ3n) is 5.17. The Kier molecular flexibility index (Phi) is 5.49. The number of rotatable bonds is 5. The van der Waals surface area contributed by atoms with Crippen LogP contribution in [0.5, 0.6) is 0 Å². The quantitative estimate of drug-likeness (QED) is 0.900. The summed E-state index contributed by atoms with van der Waals surface area (Å²) in [6.45, 7) is 5.79. The monoisotopic (exact) mass is 338 g/mol. The zero-order valence-electron chi connectivity index (χ0n) is 15.0. The molecular formula is C21H26N2O2. The van der Waals surface area contributed by atoms with Crippen molar-refractivity contribution < 1.29 is 9.90 Å². The van der Waals surface area contributed by atoms with Crippen LogP contribution in [0.4, 0.5) is 0 Å². The molecule has 132 valence electrons. The number of likely N-dealkylation sites (tertiary alicyclic amines) is 1. The summed E-state index contributed by atoms with van der Waals surface area (Å²) in [7, 11) is 0. The molecule has 2 heterocycles. The van der Waals surface area contributed by atoms with Gasteiger partial charge in [-0.15, -0.1) is 0 Å². The molecule has 1 aliphatic rings. The Hall–Kier alpha value is -2.20. The van der Waals surface area contributed by atoms with E-state index in [2.05, 4.69) is 55.1 Å². The number of aryl methyl sites for hydroxylation is 2. The second kappa shape index (κ2) is 7.79. The first-order valence-corrected chi connectivity index (χ1v) is 9.06. The van der Waals surface area contributed by atoms with Crippen LogP contribution in [0.3, 0.4) is 0 Å². The molecule has 1 N–H and O–H groups in total. The Bertz CT molecular complexity index is 702. The molecule has 0 aliphatic carbocycles. The lowest BCUT2D eigenvalue weighted by atomic mass is 9.92. The van der Waals surface area contributed by atoms with Crippen molar-refractivity contribution >= 4 is 5.97 Å². The maximum Gasteiger partial charge on any atom is 0.306 e. The van der Waals surface area contributed by atoms with E-state index in [1.807, 2.05) is 6.20 Å². The van der Waals surface area contributed by atoms with Crippen LogP contribution >= 0.6 is 0 Å². The second-order valence-corrected chi connectivity index (χ2v) is 6.91. The molecule has 0 radical (unpaired) electrons. The van der Waals surface area contributed by atoms with Crippen LogP contribution in [0, 0.1) is 12.8 Å². The van der Waals surface area contributed by atoms with E-state index in [-0.39, 0.29) is 12.0 Å². The van der Waals surface area contributed by atoms with Crippen molar-refractivity contribution in [2.45, 2.75) is 39.2 Å². The lowest BCUT2D eigenvalue weighted by molar-refractivity contribution is -0.143. The van der Waals surface area contributed by atoms with Gasteiger partial charge in [0.1, 0.15) is 0 Å². The molecule has 25 heavy (non-hydrogen) atoms. The standard InChI is InChI=1S/C21H26N2O2/c1-3-16-6-9-19(22-14-16)20(17-7-4-15(2)5-8-17)23-12-10-18(11-13-23)21(24)25/h4-9,14,18,20H,3,10-13H2,1-2H3,(H,24,25). The number of carboxylic acid groups (broad SMARTS) is 1. The van der Waals surface area contributed by atoms with E-state index < -0.39 is 5.97 Å². The van der Waals surface area contributed by atoms with Crippen LogP contribution in [0.15, 0.2) is 42.6 Å². The molecule has 1 aromatic heterocycles. The van der Waals surface area contributed by atoms with Crippen molar-refractivity contribution in [3.63, 3.8) is 0 Å². The number of nitrogens with zero attached hydrogens (tertiary/aromatic N) is 2. The molecule has 1 aromatic carbocycles. The first-order valence-electron chi connectivity index (χ1n) is 9.06. The Morgan fingerprint density at radius 2 is 1.88 bits per heavy atom. The van der Waals surface area contributed by atoms with E-state index in [0.29, 0.717) is 12.8 Å². The lowest BCUT2D eigenvalue weighted by Gasteiger charge is -2.36. The number of carbonyl (C=O) groups is 1. The van der Waals surface area contributed by atoms with Crippen LogP contribution in [-0.4, -0.2) is 34.0 Å². The van der Waals surface area contributed by atoms with E-state index in [0.717, 1.165) is 25.2 Å². The van der Waals surface area contributed by atoms with E-state index in [1.54, 1.807) is 0 Å². The highest BCUT2D eigenvalue weighted by atomic mass is 16.4. The molecule has 0 bridgehead atoms. The van der Waals surface area contributed by atoms with Crippen LogP contribution in [-0.2, 0) is 11.2 Å². The van der Waals surface area contributed by atoms with Crippen LogP contribution in [0.25, 0.3) is 0 Å². The maximum absolute atomic E-state index is 11.2. The van der Waals surface area contributed by atoms with Crippen LogP contribution in [0.2, 0.25) is 0 Å². The fraction of sp³-hybridized carbons (Fsp3) is 0.429. The Labute approximate surface area is 149 Å². The van der Waals surface area contributed by atoms with E-state index in [9.17, 15) is 9.90 Å². The summed E-state index contributed by atoms with van der Waals surface area (Å²) in [4.78, 5) is 18.3. The lowest BCUT2D eigenvalue weighted by Crippen LogP contribution is -2.39. The van der Waals surface area contributed by atoms with Gasteiger partial charge in [-0.3, -0.25) is 14.7 Å². The average molecular weight is 338 g/mol. The minimum Gasteiger partial charge on any atom is -0.481 e. The van der Waals surface area contributed by atoms with Gasteiger partial charge in [-0.05, 0) is 56.5 Å². The number of benzene rings is 1. The van der Waals surface area contributed by atoms with Crippen LogP contribution < -0.4 is 0 Å². The average Bonchev–Trinajstić information content (AvgIpc) is 2.64. The molecule has 1 fully saturated rings. The minimum absolute atomic E-state index is 0.0845. The van der Waals surface area contributed by atoms with Gasteiger partial charge in [-0.2, -0.15) is 0 Å². The summed E-state index contributed by atoms with van der Waals surface area (Å²) in [5.74, 6) is -0.887. The van der Waals surface area contributed by atoms with Gasteiger partial charge in [0.2, 0.25) is 0 Å². The normalized spacial score (nSPS) is 17.4. The van der Waals surface area contributed by atoms with Gasteiger partial charge in [-0.25, -0.2) is 0 Å². The van der Waals surface area contributed by atoms with Gasteiger partial charge < -0.3 is 5.11 Å². The molecule has 0 spiro atoms. The largest absolute Gasteiger partial charge is 0.481 e. The molecule has 1 unspecified atom stereocenters. The highest BCUT2D eigenvalue weighted by molar-refractivity contribution is 5.70. The third-order valence-corrected chi connectivity index (χ3v) is 5.17. The molecule has 1 saturated heterocycles. The smallest absolute Gasteiger partial charge is 0.306 e. The minimum atomic E-state index is -0.669. The number of aliphatic carboxylic acids is 1. The Balaban J connectivity index is 1.89. The van der Waals surface area contributed by atoms with Gasteiger partial charge in [0, 0.05) is 6.20 Å². The van der Waals surface area contributed by atoms with E-state index in [4.69, 9.17) is 4.98 Å². The van der Waals surface area contributed by atoms with Gasteiger partial charge in [-0.1, -0.05) is 42.8 Å². The summed E-state index contributed by atoms with van der Waals surface area (Å²) < 4.78 is 0. The molecule has 3 rings (SSSR count). The molecule has 4 heteroatoms. The highest BCUT2D eigenvalue weighted by Crippen LogP contribution is 2.31. The van der Waals surface area contributed by atoms with Gasteiger partial charge in [0.25, 0.3) is 0 Å². The zero-order chi connectivity index (χ0) is 17.8. The fourth-order valence-corrected chi connectivity index (χ4v) is 3.53. The summed E-state index contributed by atoms with van der Waals surface area (Å²) >= 11 is 0. The number of carboxylic acids is 1. The van der Waals surface area contributed by atoms with E-state index in [1.165, 1.54) is 16.7 Å². The van der Waals surface area contributed by atoms with Crippen molar-refractivity contribution in [1.29, 1.82) is 0 Å². The second-order valence-electron chi connectivity index (χ2n) is 6.91. The molecular weight excluding hydrogens is 312 g/mol. The maximum atomic E-state index is 11.2. The van der Waals surface area contributed by atoms with Gasteiger partial charge in [0.15, 0.2) is 0 Å². The van der Waals surface area contributed by atoms with Gasteiger partial charge >= 0.3 is 5.97 Å². The fourth-order valence-electron chi connectivity index (χ4n) is 3.53. The predicted molar refractivity (Wildman–Crippen MR) is 98.6 cm³/mol. The molecule has 1 aliphatic heterocycles. The first-order chi connectivity index (χ1) is 12.1. The summed E-state index contributed by atoms with van der Waals surface area (Å²) in [5.41, 5.74) is 4.73. The Morgan fingerprint density at radius 1 is 1.20 bits per heavy atom. The SMILES string of the molecule is CCc1ccc(C(c2ccc(C)cc2)N2CCC(C(=O)O)CC2)nc1. The van der Waals surface area contributed by atoms with Crippen molar-refractivity contribution in [1.82, 2.24) is 9.88 Å². The summed E-state index contributed by atoms with van der Waals surface area (Å²) in [6.07, 6.45) is 4.34. The number of aromatic nitrogens is 1. The van der Waals surface area contributed by atoms with Crippen molar-refractivity contribution in [3.8, 4) is 0 Å². The molecule has 0 amide bonds. The zero-order valence-corrected chi connectivity index (χ0v) is 15.0. The molecule has 2 aromatic rings. The number of piperidine rings is 1. The van der Waals surface area contributed by atoms with Crippen LogP contribution in [0.1, 0.15) is 48.2 Å². The summed E-state index contributed by atoms with van der Waals surface area (Å²) in [5, 5.41) is 9.25. The topological polar surface area (TPSA) is 53.4 Å². The van der Waals surface area contributed by atoms with Crippen molar-refractivity contribution in [3.05, 3.63) is 65.0 Å². The number of pyridine rings is 1. The van der Waals surface area contributed by atoms with E-state index >= 15 is 0 Å². The Morgan fingerprint density at radius 3 is 2.40 bits per heavy atom. The molecule has 1 atom stereocenters. The first kappa shape index (κ1) is 17.6.